The van der Waals surface area contributed by atoms with Crippen LogP contribution in [0.5, 0.6) is 0 Å². The maximum Gasteiger partial charge on any atom is 0.125 e. The maximum absolute atomic E-state index is 9.55. The van der Waals surface area contributed by atoms with E-state index in [4.69, 9.17) is 23.2 Å². The lowest BCUT2D eigenvalue weighted by molar-refractivity contribution is -0.161. The van der Waals surface area contributed by atoms with Gasteiger partial charge >= 0.3 is 0 Å². The summed E-state index contributed by atoms with van der Waals surface area (Å²) in [4.78, 5) is -0.498. The van der Waals surface area contributed by atoms with E-state index in [-0.39, 0.29) is 11.6 Å². The second-order valence-electron chi connectivity index (χ2n) is 3.60. The van der Waals surface area contributed by atoms with Gasteiger partial charge in [-0.2, -0.15) is 5.06 Å². The molecule has 0 bridgehead atoms. The van der Waals surface area contributed by atoms with E-state index in [2.05, 4.69) is 0 Å². The second-order valence-corrected chi connectivity index (χ2v) is 4.76. The Balaban J connectivity index is 2.63. The van der Waals surface area contributed by atoms with Crippen LogP contribution < -0.4 is 0 Å². The molecule has 1 saturated heterocycles. The fourth-order valence-corrected chi connectivity index (χ4v) is 1.89. The van der Waals surface area contributed by atoms with Crippen molar-refractivity contribution in [1.82, 2.24) is 5.06 Å². The Morgan fingerprint density at radius 1 is 1.55 bits per heavy atom. The highest BCUT2D eigenvalue weighted by Gasteiger charge is 2.41. The Morgan fingerprint density at radius 3 is 2.27 bits per heavy atom. The maximum atomic E-state index is 9.55. The molecule has 0 aromatic heterocycles. The zero-order valence-corrected chi connectivity index (χ0v) is 8.23. The molecule has 0 amide bonds. The van der Waals surface area contributed by atoms with E-state index in [1.54, 1.807) is 0 Å². The number of alkyl halides is 2. The van der Waals surface area contributed by atoms with Gasteiger partial charge in [0.1, 0.15) is 4.84 Å². The molecule has 0 spiro atoms. The first kappa shape index (κ1) is 9.59. The van der Waals surface area contributed by atoms with Crippen molar-refractivity contribution in [1.29, 1.82) is 0 Å². The van der Waals surface area contributed by atoms with Crippen LogP contribution in [0.25, 0.3) is 0 Å². The fraction of sp³-hybridized carbons (Fsp3) is 1.00. The molecule has 0 radical (unpaired) electrons. The molecule has 66 valence electrons. The summed E-state index contributed by atoms with van der Waals surface area (Å²) in [5.41, 5.74) is -0.174. The van der Waals surface area contributed by atoms with Crippen molar-refractivity contribution in [3.8, 4) is 0 Å². The molecule has 1 N–H and O–H groups in total. The summed E-state index contributed by atoms with van der Waals surface area (Å²) in [6.07, 6.45) is 1.80. The van der Waals surface area contributed by atoms with Crippen molar-refractivity contribution >= 4 is 23.2 Å². The molecule has 0 aromatic carbocycles. The van der Waals surface area contributed by atoms with Crippen molar-refractivity contribution in [2.45, 2.75) is 43.1 Å². The third-order valence-electron chi connectivity index (χ3n) is 2.28. The first-order valence-corrected chi connectivity index (χ1v) is 4.59. The van der Waals surface area contributed by atoms with Crippen molar-refractivity contribution < 1.29 is 5.21 Å². The van der Waals surface area contributed by atoms with Crippen LogP contribution >= 0.6 is 23.2 Å². The van der Waals surface area contributed by atoms with E-state index in [9.17, 15) is 5.21 Å². The number of halogens is 2. The average Bonchev–Trinajstić information content (AvgIpc) is 2.09. The minimum atomic E-state index is -0.498. The van der Waals surface area contributed by atoms with Crippen LogP contribution in [-0.4, -0.2) is 26.7 Å². The number of hydrogen-bond acceptors (Lipinski definition) is 2. The third-order valence-corrected chi connectivity index (χ3v) is 2.86. The number of hydroxylamine groups is 2. The Labute approximate surface area is 77.0 Å². The average molecular weight is 198 g/mol. The van der Waals surface area contributed by atoms with Gasteiger partial charge in [0.15, 0.2) is 0 Å². The quantitative estimate of drug-likeness (QED) is 0.654. The highest BCUT2D eigenvalue weighted by Crippen LogP contribution is 2.35. The van der Waals surface area contributed by atoms with Gasteiger partial charge in [-0.1, -0.05) is 0 Å². The van der Waals surface area contributed by atoms with Gasteiger partial charge in [0.05, 0.1) is 6.04 Å². The van der Waals surface area contributed by atoms with Crippen LogP contribution in [0.2, 0.25) is 0 Å². The van der Waals surface area contributed by atoms with Gasteiger partial charge in [-0.25, -0.2) is 0 Å². The molecule has 1 aliphatic heterocycles. The highest BCUT2D eigenvalue weighted by molar-refractivity contribution is 6.44. The molecular weight excluding hydrogens is 185 g/mol. The molecule has 11 heavy (non-hydrogen) atoms. The van der Waals surface area contributed by atoms with Gasteiger partial charge in [-0.05, 0) is 26.7 Å². The summed E-state index contributed by atoms with van der Waals surface area (Å²) in [5.74, 6) is 0. The van der Waals surface area contributed by atoms with E-state index in [1.807, 2.05) is 13.8 Å². The predicted molar refractivity (Wildman–Crippen MR) is 46.2 cm³/mol. The Bertz CT molecular complexity index is 149. The van der Waals surface area contributed by atoms with Crippen molar-refractivity contribution in [2.24, 2.45) is 0 Å². The molecule has 0 saturated carbocycles. The molecule has 0 aliphatic carbocycles. The largest absolute Gasteiger partial charge is 0.313 e. The van der Waals surface area contributed by atoms with Gasteiger partial charge < -0.3 is 5.21 Å². The topological polar surface area (TPSA) is 23.5 Å². The summed E-state index contributed by atoms with van der Waals surface area (Å²) in [5, 5.41) is 10.8. The SMILES string of the molecule is CC1(C)CCC(C(Cl)Cl)N1O. The Morgan fingerprint density at radius 2 is 2.09 bits per heavy atom. The zero-order valence-electron chi connectivity index (χ0n) is 6.72. The lowest BCUT2D eigenvalue weighted by Gasteiger charge is -2.29. The van der Waals surface area contributed by atoms with Crippen molar-refractivity contribution in [3.05, 3.63) is 0 Å². The molecule has 1 atom stereocenters. The van der Waals surface area contributed by atoms with E-state index in [1.165, 1.54) is 5.06 Å². The van der Waals surface area contributed by atoms with Gasteiger partial charge in [-0.15, -0.1) is 23.2 Å². The van der Waals surface area contributed by atoms with E-state index < -0.39 is 4.84 Å². The van der Waals surface area contributed by atoms with Crippen LogP contribution in [0.4, 0.5) is 0 Å². The predicted octanol–water partition coefficient (Wildman–Crippen LogP) is 2.42. The standard InChI is InChI=1S/C7H13Cl2NO/c1-7(2)4-3-5(6(8)9)10(7)11/h5-6,11H,3-4H2,1-2H3. The van der Waals surface area contributed by atoms with Gasteiger partial charge in [0, 0.05) is 5.54 Å². The summed E-state index contributed by atoms with van der Waals surface area (Å²) in [7, 11) is 0. The molecule has 1 unspecified atom stereocenters. The first-order chi connectivity index (χ1) is 4.95. The first-order valence-electron chi connectivity index (χ1n) is 3.71. The number of nitrogens with zero attached hydrogens (tertiary/aromatic N) is 1. The minimum absolute atomic E-state index is 0.103. The normalized spacial score (nSPS) is 31.6. The lowest BCUT2D eigenvalue weighted by atomic mass is 10.0. The molecule has 1 rings (SSSR count). The molecular formula is C7H13Cl2NO. The molecule has 1 aliphatic rings. The van der Waals surface area contributed by atoms with E-state index >= 15 is 0 Å². The third kappa shape index (κ3) is 1.81. The smallest absolute Gasteiger partial charge is 0.125 e. The minimum Gasteiger partial charge on any atom is -0.313 e. The zero-order chi connectivity index (χ0) is 8.65. The molecule has 1 fully saturated rings. The van der Waals surface area contributed by atoms with Crippen LogP contribution in [0.1, 0.15) is 26.7 Å². The van der Waals surface area contributed by atoms with Gasteiger partial charge in [0.2, 0.25) is 0 Å². The van der Waals surface area contributed by atoms with Gasteiger partial charge in [-0.3, -0.25) is 0 Å². The Kier molecular flexibility index (Phi) is 2.70. The van der Waals surface area contributed by atoms with Crippen molar-refractivity contribution in [3.63, 3.8) is 0 Å². The van der Waals surface area contributed by atoms with Crippen molar-refractivity contribution in [2.75, 3.05) is 0 Å². The monoisotopic (exact) mass is 197 g/mol. The second kappa shape index (κ2) is 3.09. The molecule has 4 heteroatoms. The molecule has 0 aromatic rings. The Hall–Kier alpha value is 0.500. The number of rotatable bonds is 1. The fourth-order valence-electron chi connectivity index (χ4n) is 1.42. The summed E-state index contributed by atoms with van der Waals surface area (Å²) < 4.78 is 0. The van der Waals surface area contributed by atoms with Gasteiger partial charge in [0.25, 0.3) is 0 Å². The summed E-state index contributed by atoms with van der Waals surface area (Å²) in [6, 6.07) is -0.103. The van der Waals surface area contributed by atoms with Crippen LogP contribution in [0.3, 0.4) is 0 Å². The van der Waals surface area contributed by atoms with Crippen LogP contribution in [0, 0.1) is 0 Å². The molecule has 1 heterocycles. The van der Waals surface area contributed by atoms with E-state index in [0.29, 0.717) is 0 Å². The molecule has 2 nitrogen and oxygen atoms in total. The highest BCUT2D eigenvalue weighted by atomic mass is 35.5. The summed E-state index contributed by atoms with van der Waals surface area (Å²) >= 11 is 11.3. The van der Waals surface area contributed by atoms with Crippen LogP contribution in [0.15, 0.2) is 0 Å². The lowest BCUT2D eigenvalue weighted by Crippen LogP contribution is -2.42. The summed E-state index contributed by atoms with van der Waals surface area (Å²) in [6.45, 7) is 3.95. The van der Waals surface area contributed by atoms with E-state index in [0.717, 1.165) is 12.8 Å². The number of hydrogen-bond donors (Lipinski definition) is 1. The van der Waals surface area contributed by atoms with Crippen LogP contribution in [-0.2, 0) is 0 Å².